The minimum Gasteiger partial charge on any atom is -0.391 e. The van der Waals surface area contributed by atoms with E-state index in [1.807, 2.05) is 18.2 Å². The van der Waals surface area contributed by atoms with E-state index >= 15 is 0 Å². The van der Waals surface area contributed by atoms with Crippen molar-refractivity contribution in [2.45, 2.75) is 25.4 Å². The third kappa shape index (κ3) is 3.99. The molecule has 0 radical (unpaired) electrons. The Kier molecular flexibility index (Phi) is 5.41. The molecule has 8 heteroatoms. The number of benzene rings is 1. The number of carbonyl (C=O) groups is 2. The van der Waals surface area contributed by atoms with Crippen LogP contribution in [0.25, 0.3) is 10.9 Å². The van der Waals surface area contributed by atoms with Gasteiger partial charge in [-0.1, -0.05) is 18.2 Å². The number of aliphatic hydroxyl groups is 1. The first-order valence-electron chi connectivity index (χ1n) is 11.5. The van der Waals surface area contributed by atoms with Gasteiger partial charge in [-0.25, -0.2) is 9.78 Å². The van der Waals surface area contributed by atoms with E-state index in [1.165, 1.54) is 0 Å². The summed E-state index contributed by atoms with van der Waals surface area (Å²) in [6.07, 6.45) is 2.03. The van der Waals surface area contributed by atoms with E-state index in [9.17, 15) is 14.7 Å². The minimum atomic E-state index is -0.519. The third-order valence-corrected chi connectivity index (χ3v) is 7.34. The summed E-state index contributed by atoms with van der Waals surface area (Å²) in [7, 11) is 1.75. The second-order valence-corrected chi connectivity index (χ2v) is 9.61. The minimum absolute atomic E-state index is 0.0644. The number of amides is 3. The number of pyridine rings is 1. The number of rotatable bonds is 3. The Hall–Kier alpha value is -2.87. The zero-order chi connectivity index (χ0) is 22.3. The van der Waals surface area contributed by atoms with Crippen LogP contribution >= 0.6 is 0 Å². The number of piperidine rings is 2. The molecule has 3 saturated heterocycles. The zero-order valence-electron chi connectivity index (χ0n) is 18.6. The summed E-state index contributed by atoms with van der Waals surface area (Å²) in [6.45, 7) is 4.05. The van der Waals surface area contributed by atoms with Crippen LogP contribution in [0.1, 0.15) is 19.3 Å². The average Bonchev–Trinajstić information content (AvgIpc) is 3.11. The highest BCUT2D eigenvalue weighted by molar-refractivity contribution is 5.85. The Morgan fingerprint density at radius 1 is 1.12 bits per heavy atom. The number of aromatic nitrogens is 1. The quantitative estimate of drug-likeness (QED) is 0.792. The van der Waals surface area contributed by atoms with Crippen molar-refractivity contribution in [3.05, 3.63) is 36.4 Å². The maximum atomic E-state index is 13.0. The van der Waals surface area contributed by atoms with E-state index in [4.69, 9.17) is 4.98 Å². The van der Waals surface area contributed by atoms with E-state index in [1.54, 1.807) is 21.7 Å². The molecular weight excluding hydrogens is 406 g/mol. The van der Waals surface area contributed by atoms with Crippen molar-refractivity contribution >= 4 is 28.7 Å². The highest BCUT2D eigenvalue weighted by atomic mass is 16.3. The second-order valence-electron chi connectivity index (χ2n) is 9.61. The van der Waals surface area contributed by atoms with Crippen molar-refractivity contribution in [2.75, 3.05) is 57.8 Å². The van der Waals surface area contributed by atoms with Gasteiger partial charge in [-0.2, -0.15) is 0 Å². The van der Waals surface area contributed by atoms with Crippen molar-refractivity contribution < 1.29 is 14.7 Å². The molecule has 1 atom stereocenters. The first-order valence-corrected chi connectivity index (χ1v) is 11.5. The number of para-hydroxylation sites is 1. The molecule has 1 unspecified atom stereocenters. The van der Waals surface area contributed by atoms with Gasteiger partial charge < -0.3 is 24.7 Å². The number of likely N-dealkylation sites (tertiary alicyclic amines) is 1. The van der Waals surface area contributed by atoms with E-state index in [0.717, 1.165) is 49.1 Å². The number of anilines is 1. The molecule has 3 fully saturated rings. The largest absolute Gasteiger partial charge is 0.391 e. The molecular formula is C24H31N5O3. The number of urea groups is 1. The molecule has 1 aromatic heterocycles. The van der Waals surface area contributed by atoms with Crippen molar-refractivity contribution in [1.29, 1.82) is 0 Å². The van der Waals surface area contributed by atoms with Crippen LogP contribution in [0.5, 0.6) is 0 Å². The molecule has 0 bridgehead atoms. The number of likely N-dealkylation sites (N-methyl/N-ethyl adjacent to an activating group) is 1. The predicted octanol–water partition coefficient (Wildman–Crippen LogP) is 1.78. The fraction of sp³-hybridized carbons (Fsp3) is 0.542. The van der Waals surface area contributed by atoms with Crippen LogP contribution in [0.2, 0.25) is 0 Å². The summed E-state index contributed by atoms with van der Waals surface area (Å²) in [5, 5.41) is 11.7. The Bertz CT molecular complexity index is 1020. The molecule has 5 rings (SSSR count). The first-order chi connectivity index (χ1) is 15.4. The molecule has 3 amide bonds. The summed E-state index contributed by atoms with van der Waals surface area (Å²) in [4.78, 5) is 37.3. The summed E-state index contributed by atoms with van der Waals surface area (Å²) >= 11 is 0. The lowest BCUT2D eigenvalue weighted by Gasteiger charge is -2.49. The number of carbonyl (C=O) groups excluding carboxylic acids is 2. The lowest BCUT2D eigenvalue weighted by Crippen LogP contribution is -2.56. The molecule has 1 N–H and O–H groups in total. The Morgan fingerprint density at radius 3 is 2.66 bits per heavy atom. The summed E-state index contributed by atoms with van der Waals surface area (Å²) in [5.74, 6) is 0.921. The number of nitrogens with zero attached hydrogens (tertiary/aromatic N) is 5. The molecule has 32 heavy (non-hydrogen) atoms. The number of hydrogen-bond acceptors (Lipinski definition) is 5. The zero-order valence-corrected chi connectivity index (χ0v) is 18.6. The van der Waals surface area contributed by atoms with Crippen LogP contribution in [0.4, 0.5) is 10.6 Å². The van der Waals surface area contributed by atoms with Crippen LogP contribution in [0.15, 0.2) is 36.4 Å². The monoisotopic (exact) mass is 437 g/mol. The standard InChI is InChI=1S/C24H31N5O3/c1-26-12-13-28(23(26)32)16-22(31)29-15-19(30)14-24(17-29)8-10-27(11-9-24)21-7-6-18-4-2-3-5-20(18)25-21/h2-7,19,30H,8-17H2,1H3. The van der Waals surface area contributed by atoms with Gasteiger partial charge in [0.15, 0.2) is 0 Å². The van der Waals surface area contributed by atoms with Gasteiger partial charge in [0.1, 0.15) is 12.4 Å². The van der Waals surface area contributed by atoms with Crippen LogP contribution in [-0.2, 0) is 4.79 Å². The molecule has 1 spiro atoms. The number of hydrogen-bond donors (Lipinski definition) is 1. The Labute approximate surface area is 188 Å². The van der Waals surface area contributed by atoms with Gasteiger partial charge in [-0.15, -0.1) is 0 Å². The van der Waals surface area contributed by atoms with E-state index < -0.39 is 6.10 Å². The molecule has 3 aliphatic heterocycles. The highest BCUT2D eigenvalue weighted by Gasteiger charge is 2.43. The number of β-amino-alcohol motifs (C(OH)–C–C–N with tert-alkyl or cyclic N) is 1. The molecule has 0 aliphatic carbocycles. The molecule has 3 aliphatic rings. The van der Waals surface area contributed by atoms with Gasteiger partial charge in [0.25, 0.3) is 0 Å². The normalized spacial score (nSPS) is 23.4. The van der Waals surface area contributed by atoms with Crippen LogP contribution in [-0.4, -0.2) is 95.7 Å². The van der Waals surface area contributed by atoms with E-state index in [0.29, 0.717) is 26.2 Å². The summed E-state index contributed by atoms with van der Waals surface area (Å²) in [5.41, 5.74) is 0.921. The van der Waals surface area contributed by atoms with Gasteiger partial charge in [0, 0.05) is 51.7 Å². The molecule has 1 aromatic carbocycles. The van der Waals surface area contributed by atoms with Crippen LogP contribution < -0.4 is 4.90 Å². The molecule has 0 saturated carbocycles. The smallest absolute Gasteiger partial charge is 0.320 e. The average molecular weight is 438 g/mol. The molecule has 4 heterocycles. The van der Waals surface area contributed by atoms with Crippen molar-refractivity contribution in [1.82, 2.24) is 19.7 Å². The number of aliphatic hydroxyl groups excluding tert-OH is 1. The molecule has 8 nitrogen and oxygen atoms in total. The molecule has 170 valence electrons. The van der Waals surface area contributed by atoms with Crippen molar-refractivity contribution in [2.24, 2.45) is 5.41 Å². The van der Waals surface area contributed by atoms with Crippen molar-refractivity contribution in [3.8, 4) is 0 Å². The second kappa shape index (κ2) is 8.24. The fourth-order valence-corrected chi connectivity index (χ4v) is 5.46. The Balaban J connectivity index is 1.24. The first kappa shape index (κ1) is 21.0. The van der Waals surface area contributed by atoms with Gasteiger partial charge in [0.2, 0.25) is 5.91 Å². The Morgan fingerprint density at radius 2 is 1.91 bits per heavy atom. The third-order valence-electron chi connectivity index (χ3n) is 7.34. The van der Waals surface area contributed by atoms with Gasteiger partial charge in [-0.3, -0.25) is 4.79 Å². The predicted molar refractivity (Wildman–Crippen MR) is 122 cm³/mol. The fourth-order valence-electron chi connectivity index (χ4n) is 5.46. The SMILES string of the molecule is CN1CCN(CC(=O)N2CC(O)CC3(CCN(c4ccc5ccccc5n4)CC3)C2)C1=O. The lowest BCUT2D eigenvalue weighted by molar-refractivity contribution is -0.139. The number of fused-ring (bicyclic) bond motifs is 1. The molecule has 2 aromatic rings. The van der Waals surface area contributed by atoms with Gasteiger partial charge >= 0.3 is 6.03 Å². The lowest BCUT2D eigenvalue weighted by atomic mass is 9.71. The van der Waals surface area contributed by atoms with Crippen LogP contribution in [0, 0.1) is 5.41 Å². The van der Waals surface area contributed by atoms with Gasteiger partial charge in [0.05, 0.1) is 11.6 Å². The van der Waals surface area contributed by atoms with Crippen molar-refractivity contribution in [3.63, 3.8) is 0 Å². The summed E-state index contributed by atoms with van der Waals surface area (Å²) < 4.78 is 0. The van der Waals surface area contributed by atoms with Gasteiger partial charge in [-0.05, 0) is 42.9 Å². The van der Waals surface area contributed by atoms with E-state index in [2.05, 4.69) is 23.1 Å². The topological polar surface area (TPSA) is 80.2 Å². The van der Waals surface area contributed by atoms with E-state index in [-0.39, 0.29) is 23.9 Å². The highest BCUT2D eigenvalue weighted by Crippen LogP contribution is 2.41. The maximum absolute atomic E-state index is 13.0. The summed E-state index contributed by atoms with van der Waals surface area (Å²) in [6, 6.07) is 12.2. The maximum Gasteiger partial charge on any atom is 0.320 e. The van der Waals surface area contributed by atoms with Crippen LogP contribution in [0.3, 0.4) is 0 Å².